The van der Waals surface area contributed by atoms with Gasteiger partial charge in [-0.1, -0.05) is 77.3 Å². The van der Waals surface area contributed by atoms with Gasteiger partial charge < -0.3 is 14.2 Å². The Morgan fingerprint density at radius 2 is 1.36 bits per heavy atom. The van der Waals surface area contributed by atoms with Crippen LogP contribution in [0.1, 0.15) is 107 Å². The molecule has 1 atom stereocenters. The Bertz CT molecular complexity index is 947. The molecule has 0 bridgehead atoms. The maximum Gasteiger partial charge on any atom is 0.343 e. The molecule has 6 heteroatoms. The molecule has 0 N–H and O–H groups in total. The van der Waals surface area contributed by atoms with Crippen LogP contribution >= 0.6 is 0 Å². The fourth-order valence-electron chi connectivity index (χ4n) is 3.67. The summed E-state index contributed by atoms with van der Waals surface area (Å²) >= 11 is 0. The van der Waals surface area contributed by atoms with Gasteiger partial charge in [0.05, 0.1) is 12.2 Å². The van der Waals surface area contributed by atoms with Crippen LogP contribution in [-0.4, -0.2) is 18.5 Å². The number of benzene rings is 2. The van der Waals surface area contributed by atoms with E-state index < -0.39 is 18.0 Å². The van der Waals surface area contributed by atoms with Crippen molar-refractivity contribution in [2.45, 2.75) is 90.6 Å². The third kappa shape index (κ3) is 10.9. The second kappa shape index (κ2) is 17.2. The van der Waals surface area contributed by atoms with Gasteiger partial charge in [-0.15, -0.1) is 0 Å². The van der Waals surface area contributed by atoms with Crippen LogP contribution in [0, 0.1) is 11.3 Å². The standard InChI is InChI=1S/C30H39NO5/c1-3-5-7-8-9-10-11-12-22-34-26-18-16-25(17-19-26)30(33)35-27-20-14-24(15-21-27)28(23-31)36-29(32)13-6-4-2/h14-21,28H,3-13,22H2,1-2H3. The fraction of sp³-hybridized carbons (Fsp3) is 0.500. The Morgan fingerprint density at radius 1 is 0.778 bits per heavy atom. The first kappa shape index (κ1) is 28.9. The van der Waals surface area contributed by atoms with Crippen molar-refractivity contribution in [3.05, 3.63) is 59.7 Å². The van der Waals surface area contributed by atoms with Crippen molar-refractivity contribution >= 4 is 11.9 Å². The fourth-order valence-corrected chi connectivity index (χ4v) is 3.67. The molecule has 36 heavy (non-hydrogen) atoms. The van der Waals surface area contributed by atoms with E-state index in [2.05, 4.69) is 6.92 Å². The lowest BCUT2D eigenvalue weighted by Gasteiger charge is -2.12. The van der Waals surface area contributed by atoms with Gasteiger partial charge in [-0.3, -0.25) is 4.79 Å². The summed E-state index contributed by atoms with van der Waals surface area (Å²) < 4.78 is 16.5. The highest BCUT2D eigenvalue weighted by molar-refractivity contribution is 5.91. The summed E-state index contributed by atoms with van der Waals surface area (Å²) in [4.78, 5) is 24.3. The van der Waals surface area contributed by atoms with E-state index in [1.807, 2.05) is 13.0 Å². The molecule has 0 aliphatic rings. The Balaban J connectivity index is 1.75. The number of hydrogen-bond donors (Lipinski definition) is 0. The number of hydrogen-bond acceptors (Lipinski definition) is 6. The minimum Gasteiger partial charge on any atom is -0.494 e. The Labute approximate surface area is 215 Å². The van der Waals surface area contributed by atoms with Crippen molar-refractivity contribution in [2.24, 2.45) is 0 Å². The minimum absolute atomic E-state index is 0.285. The van der Waals surface area contributed by atoms with Crippen LogP contribution in [0.3, 0.4) is 0 Å². The van der Waals surface area contributed by atoms with E-state index in [-0.39, 0.29) is 6.42 Å². The van der Waals surface area contributed by atoms with Crippen molar-refractivity contribution in [2.75, 3.05) is 6.61 Å². The summed E-state index contributed by atoms with van der Waals surface area (Å²) in [6.07, 6.45) is 10.9. The van der Waals surface area contributed by atoms with Crippen LogP contribution in [0.5, 0.6) is 11.5 Å². The van der Waals surface area contributed by atoms with E-state index >= 15 is 0 Å². The van der Waals surface area contributed by atoms with Gasteiger partial charge in [0, 0.05) is 12.0 Å². The molecule has 6 nitrogen and oxygen atoms in total. The number of esters is 2. The predicted molar refractivity (Wildman–Crippen MR) is 140 cm³/mol. The number of rotatable bonds is 17. The van der Waals surface area contributed by atoms with Crippen LogP contribution in [-0.2, 0) is 9.53 Å². The van der Waals surface area contributed by atoms with Crippen LogP contribution in [0.25, 0.3) is 0 Å². The van der Waals surface area contributed by atoms with Crippen molar-refractivity contribution < 1.29 is 23.8 Å². The molecule has 2 aromatic carbocycles. The van der Waals surface area contributed by atoms with Crippen LogP contribution < -0.4 is 9.47 Å². The zero-order chi connectivity index (χ0) is 26.0. The molecule has 2 aromatic rings. The zero-order valence-electron chi connectivity index (χ0n) is 21.7. The molecule has 0 saturated heterocycles. The maximum absolute atomic E-state index is 12.5. The molecule has 0 heterocycles. The highest BCUT2D eigenvalue weighted by atomic mass is 16.5. The van der Waals surface area contributed by atoms with Gasteiger partial charge in [-0.05, 0) is 49.2 Å². The second-order valence-electron chi connectivity index (χ2n) is 8.91. The quantitative estimate of drug-likeness (QED) is 0.127. The number of ether oxygens (including phenoxy) is 3. The molecule has 0 aliphatic heterocycles. The molecule has 0 amide bonds. The second-order valence-corrected chi connectivity index (χ2v) is 8.91. The van der Waals surface area contributed by atoms with Crippen molar-refractivity contribution in [1.82, 2.24) is 0 Å². The predicted octanol–water partition coefficient (Wildman–Crippen LogP) is 7.72. The van der Waals surface area contributed by atoms with Crippen molar-refractivity contribution in [3.8, 4) is 17.6 Å². The number of nitriles is 1. The molecular weight excluding hydrogens is 454 g/mol. The Hall–Kier alpha value is -3.33. The molecule has 0 aromatic heterocycles. The average molecular weight is 494 g/mol. The van der Waals surface area contributed by atoms with E-state index in [9.17, 15) is 14.9 Å². The molecule has 0 spiro atoms. The van der Waals surface area contributed by atoms with Gasteiger partial charge in [0.2, 0.25) is 6.10 Å². The first-order valence-electron chi connectivity index (χ1n) is 13.2. The monoisotopic (exact) mass is 493 g/mol. The van der Waals surface area contributed by atoms with Gasteiger partial charge in [0.25, 0.3) is 0 Å². The van der Waals surface area contributed by atoms with Gasteiger partial charge in [0.1, 0.15) is 17.6 Å². The minimum atomic E-state index is -0.988. The largest absolute Gasteiger partial charge is 0.494 e. The summed E-state index contributed by atoms with van der Waals surface area (Å²) in [6.45, 7) is 4.88. The molecule has 0 aliphatic carbocycles. The molecule has 2 rings (SSSR count). The summed E-state index contributed by atoms with van der Waals surface area (Å²) in [5, 5.41) is 9.35. The highest BCUT2D eigenvalue weighted by Gasteiger charge is 2.16. The molecular formula is C30H39NO5. The van der Waals surface area contributed by atoms with E-state index in [0.29, 0.717) is 23.5 Å². The zero-order valence-corrected chi connectivity index (χ0v) is 21.7. The number of unbranched alkanes of at least 4 members (excludes halogenated alkanes) is 8. The van der Waals surface area contributed by atoms with E-state index in [1.54, 1.807) is 48.5 Å². The molecule has 0 radical (unpaired) electrons. The Morgan fingerprint density at radius 3 is 1.97 bits per heavy atom. The summed E-state index contributed by atoms with van der Waals surface area (Å²) in [5.41, 5.74) is 0.943. The summed E-state index contributed by atoms with van der Waals surface area (Å²) in [7, 11) is 0. The normalized spacial score (nSPS) is 11.4. The van der Waals surface area contributed by atoms with Crippen LogP contribution in [0.15, 0.2) is 48.5 Å². The third-order valence-corrected chi connectivity index (χ3v) is 5.85. The smallest absolute Gasteiger partial charge is 0.343 e. The lowest BCUT2D eigenvalue weighted by atomic mass is 10.1. The van der Waals surface area contributed by atoms with Crippen LogP contribution in [0.4, 0.5) is 0 Å². The number of carbonyl (C=O) groups is 2. The average Bonchev–Trinajstić information content (AvgIpc) is 2.90. The van der Waals surface area contributed by atoms with Crippen molar-refractivity contribution in [1.29, 1.82) is 5.26 Å². The molecule has 194 valence electrons. The maximum atomic E-state index is 12.5. The molecule has 1 unspecified atom stereocenters. The third-order valence-electron chi connectivity index (χ3n) is 5.85. The SMILES string of the molecule is CCCCCCCCCCOc1ccc(C(=O)Oc2ccc(C(C#N)OC(=O)CCCC)cc2)cc1. The lowest BCUT2D eigenvalue weighted by Crippen LogP contribution is -2.10. The van der Waals surface area contributed by atoms with Crippen LogP contribution in [0.2, 0.25) is 0 Å². The first-order chi connectivity index (χ1) is 17.6. The number of carbonyl (C=O) groups excluding carboxylic acids is 2. The Kier molecular flexibility index (Phi) is 13.8. The highest BCUT2D eigenvalue weighted by Crippen LogP contribution is 2.22. The van der Waals surface area contributed by atoms with E-state index in [0.717, 1.165) is 25.0 Å². The topological polar surface area (TPSA) is 85.6 Å². The van der Waals surface area contributed by atoms with Crippen molar-refractivity contribution in [3.63, 3.8) is 0 Å². The van der Waals surface area contributed by atoms with Gasteiger partial charge >= 0.3 is 11.9 Å². The number of nitrogens with zero attached hydrogens (tertiary/aromatic N) is 1. The lowest BCUT2D eigenvalue weighted by molar-refractivity contribution is -0.147. The van der Waals surface area contributed by atoms with E-state index in [4.69, 9.17) is 14.2 Å². The van der Waals surface area contributed by atoms with E-state index in [1.165, 1.54) is 44.9 Å². The van der Waals surface area contributed by atoms with Gasteiger partial charge in [-0.25, -0.2) is 4.79 Å². The summed E-state index contributed by atoms with van der Waals surface area (Å²) in [6, 6.07) is 15.3. The summed E-state index contributed by atoms with van der Waals surface area (Å²) in [5.74, 6) is 0.187. The van der Waals surface area contributed by atoms with Gasteiger partial charge in [0.15, 0.2) is 0 Å². The molecule has 0 fully saturated rings. The molecule has 0 saturated carbocycles. The first-order valence-corrected chi connectivity index (χ1v) is 13.2. The van der Waals surface area contributed by atoms with Gasteiger partial charge in [-0.2, -0.15) is 5.26 Å².